The van der Waals surface area contributed by atoms with E-state index < -0.39 is 15.0 Å². The Hall–Kier alpha value is -1.73. The predicted octanol–water partition coefficient (Wildman–Crippen LogP) is 1.55. The molecule has 0 bridgehead atoms. The van der Waals surface area contributed by atoms with Crippen LogP contribution in [0.4, 0.5) is 5.69 Å². The molecule has 0 aliphatic heterocycles. The van der Waals surface area contributed by atoms with Crippen molar-refractivity contribution in [2.75, 3.05) is 0 Å². The van der Waals surface area contributed by atoms with Crippen molar-refractivity contribution in [1.29, 1.82) is 4.78 Å². The van der Waals surface area contributed by atoms with E-state index in [-0.39, 0.29) is 10.6 Å². The smallest absolute Gasteiger partial charge is 0.181 e. The van der Waals surface area contributed by atoms with Crippen molar-refractivity contribution in [3.05, 3.63) is 59.8 Å². The molecule has 94 valence electrons. The molecule has 0 saturated carbocycles. The van der Waals surface area contributed by atoms with Crippen LogP contribution in [0.2, 0.25) is 0 Å². The van der Waals surface area contributed by atoms with Crippen LogP contribution in [0, 0.1) is 9.99 Å². The minimum Gasteiger partial charge on any atom is -0.595 e. The Balaban J connectivity index is 2.63. The van der Waals surface area contributed by atoms with Gasteiger partial charge >= 0.3 is 0 Å². The Kier molecular flexibility index (Phi) is 3.44. The van der Waals surface area contributed by atoms with E-state index in [9.17, 15) is 9.42 Å². The maximum Gasteiger partial charge on any atom is 0.181 e. The molecule has 2 atom stereocenters. The zero-order valence-corrected chi connectivity index (χ0v) is 10.2. The van der Waals surface area contributed by atoms with E-state index in [1.54, 1.807) is 42.5 Å². The van der Waals surface area contributed by atoms with Gasteiger partial charge in [0, 0.05) is 6.07 Å². The normalized spacial score (nSPS) is 15.9. The molecule has 0 spiro atoms. The molecule has 0 aliphatic rings. The first-order chi connectivity index (χ1) is 8.53. The molecule has 6 heteroatoms. The van der Waals surface area contributed by atoms with Crippen LogP contribution < -0.4 is 5.23 Å². The summed E-state index contributed by atoms with van der Waals surface area (Å²) in [5, 5.41) is 19.0. The average molecular weight is 264 g/mol. The number of nitrogens with one attached hydrogen (secondary N) is 2. The number of hydrogen-bond donors (Lipinski definition) is 3. The lowest BCUT2D eigenvalue weighted by Crippen LogP contribution is -2.99. The van der Waals surface area contributed by atoms with E-state index in [0.717, 1.165) is 0 Å². The summed E-state index contributed by atoms with van der Waals surface area (Å²) in [6.07, 6.45) is 0. The van der Waals surface area contributed by atoms with Gasteiger partial charge in [-0.2, -0.15) is 5.23 Å². The number of quaternary nitrogens is 1. The summed E-state index contributed by atoms with van der Waals surface area (Å²) in [4.78, 5) is 0.336. The third-order valence-corrected chi connectivity index (χ3v) is 4.41. The summed E-state index contributed by atoms with van der Waals surface area (Å²) >= 11 is 0. The van der Waals surface area contributed by atoms with E-state index in [4.69, 9.17) is 9.99 Å². The second-order valence-electron chi connectivity index (χ2n) is 3.67. The molecule has 0 heterocycles. The Labute approximate surface area is 105 Å². The number of rotatable bonds is 3. The van der Waals surface area contributed by atoms with Crippen LogP contribution >= 0.6 is 0 Å². The Morgan fingerprint density at radius 1 is 1.06 bits per heavy atom. The largest absolute Gasteiger partial charge is 0.595 e. The van der Waals surface area contributed by atoms with Crippen molar-refractivity contribution >= 4 is 15.4 Å². The van der Waals surface area contributed by atoms with Crippen LogP contribution in [0.5, 0.6) is 0 Å². The summed E-state index contributed by atoms with van der Waals surface area (Å²) in [6, 6.07) is 14.1. The standard InChI is InChI=1S/C12H12N2O3S/c13-18(17,10-6-2-1-3-7-10)12-9-5-4-8-11(12)14(15)16/h1-9,13-15H. The van der Waals surface area contributed by atoms with Crippen molar-refractivity contribution in [1.82, 2.24) is 0 Å². The van der Waals surface area contributed by atoms with E-state index in [2.05, 4.69) is 0 Å². The molecule has 0 amide bonds. The van der Waals surface area contributed by atoms with Crippen LogP contribution in [-0.2, 0) is 9.73 Å². The lowest BCUT2D eigenvalue weighted by atomic mass is 10.3. The molecule has 18 heavy (non-hydrogen) atoms. The average Bonchev–Trinajstić information content (AvgIpc) is 2.39. The number of hydrogen-bond acceptors (Lipinski definition) is 4. The van der Waals surface area contributed by atoms with E-state index in [1.165, 1.54) is 12.1 Å². The minimum absolute atomic E-state index is 0.0312. The van der Waals surface area contributed by atoms with Gasteiger partial charge in [-0.15, -0.1) is 0 Å². The maximum absolute atomic E-state index is 12.5. The first-order valence-electron chi connectivity index (χ1n) is 5.19. The zero-order valence-electron chi connectivity index (χ0n) is 9.37. The molecule has 0 aromatic heterocycles. The van der Waals surface area contributed by atoms with Gasteiger partial charge in [-0.25, -0.2) is 14.2 Å². The molecule has 2 unspecified atom stereocenters. The van der Waals surface area contributed by atoms with Crippen molar-refractivity contribution in [3.63, 3.8) is 0 Å². The highest BCUT2D eigenvalue weighted by Crippen LogP contribution is 2.25. The fourth-order valence-corrected chi connectivity index (χ4v) is 3.16. The third-order valence-electron chi connectivity index (χ3n) is 2.50. The van der Waals surface area contributed by atoms with Gasteiger partial charge in [0.25, 0.3) is 0 Å². The van der Waals surface area contributed by atoms with Crippen LogP contribution in [0.25, 0.3) is 0 Å². The van der Waals surface area contributed by atoms with Crippen molar-refractivity contribution in [2.24, 2.45) is 0 Å². The first kappa shape index (κ1) is 12.7. The second-order valence-corrected chi connectivity index (χ2v) is 5.69. The van der Waals surface area contributed by atoms with Crippen LogP contribution in [0.1, 0.15) is 0 Å². The topological polar surface area (TPSA) is 88.7 Å². The molecule has 0 fully saturated rings. The maximum atomic E-state index is 12.5. The summed E-state index contributed by atoms with van der Waals surface area (Å²) in [5.41, 5.74) is -0.0960. The molecule has 0 aliphatic carbocycles. The fraction of sp³-hybridized carbons (Fsp3) is 0. The fourth-order valence-electron chi connectivity index (χ4n) is 1.63. The lowest BCUT2D eigenvalue weighted by molar-refractivity contribution is -0.992. The Morgan fingerprint density at radius 3 is 2.22 bits per heavy atom. The van der Waals surface area contributed by atoms with Gasteiger partial charge in [-0.3, -0.25) is 0 Å². The molecule has 2 aromatic rings. The summed E-state index contributed by atoms with van der Waals surface area (Å²) in [7, 11) is -3.30. The molecule has 2 aromatic carbocycles. The SMILES string of the molecule is N=S(=O)(c1ccccc1)c1ccccc1[NH+]([O-])O. The molecule has 2 rings (SSSR count). The quantitative estimate of drug-likeness (QED) is 0.735. The molecule has 0 saturated heterocycles. The van der Waals surface area contributed by atoms with Gasteiger partial charge in [-0.05, 0) is 18.2 Å². The lowest BCUT2D eigenvalue weighted by Gasteiger charge is -2.16. The molecule has 0 radical (unpaired) electrons. The van der Waals surface area contributed by atoms with Gasteiger partial charge in [0.15, 0.2) is 5.69 Å². The van der Waals surface area contributed by atoms with E-state index in [0.29, 0.717) is 4.90 Å². The van der Waals surface area contributed by atoms with E-state index >= 15 is 0 Å². The molecular formula is C12H12N2O3S. The number of benzene rings is 2. The summed E-state index contributed by atoms with van der Waals surface area (Å²) < 4.78 is 20.5. The molecule has 3 N–H and O–H groups in total. The van der Waals surface area contributed by atoms with Crippen molar-refractivity contribution in [2.45, 2.75) is 9.79 Å². The van der Waals surface area contributed by atoms with Gasteiger partial charge in [0.2, 0.25) is 0 Å². The van der Waals surface area contributed by atoms with Crippen LogP contribution in [0.15, 0.2) is 64.4 Å². The second kappa shape index (κ2) is 4.87. The molecular weight excluding hydrogens is 252 g/mol. The predicted molar refractivity (Wildman–Crippen MR) is 66.1 cm³/mol. The van der Waals surface area contributed by atoms with Gasteiger partial charge in [-0.1, -0.05) is 30.3 Å². The van der Waals surface area contributed by atoms with Crippen molar-refractivity contribution < 1.29 is 14.6 Å². The third kappa shape index (κ3) is 2.27. The van der Waals surface area contributed by atoms with Gasteiger partial charge in [0.05, 0.1) is 4.90 Å². The molecule has 5 nitrogen and oxygen atoms in total. The Bertz CT molecular complexity index is 639. The van der Waals surface area contributed by atoms with Gasteiger partial charge < -0.3 is 5.21 Å². The zero-order chi connectivity index (χ0) is 13.2. The van der Waals surface area contributed by atoms with Crippen LogP contribution in [0.3, 0.4) is 0 Å². The van der Waals surface area contributed by atoms with Crippen molar-refractivity contribution in [3.8, 4) is 0 Å². The van der Waals surface area contributed by atoms with Crippen LogP contribution in [-0.4, -0.2) is 9.42 Å². The number of para-hydroxylation sites is 1. The highest BCUT2D eigenvalue weighted by atomic mass is 32.2. The Morgan fingerprint density at radius 2 is 1.61 bits per heavy atom. The summed E-state index contributed by atoms with van der Waals surface area (Å²) in [6.45, 7) is 0. The monoisotopic (exact) mass is 264 g/mol. The highest BCUT2D eigenvalue weighted by molar-refractivity contribution is 7.92. The first-order valence-corrected chi connectivity index (χ1v) is 6.75. The van der Waals surface area contributed by atoms with E-state index in [1.807, 2.05) is 0 Å². The van der Waals surface area contributed by atoms with Gasteiger partial charge in [0.1, 0.15) is 14.6 Å². The minimum atomic E-state index is -3.30. The summed E-state index contributed by atoms with van der Waals surface area (Å²) in [5.74, 6) is 0. The highest BCUT2D eigenvalue weighted by Gasteiger charge is 2.20.